The highest BCUT2D eigenvalue weighted by molar-refractivity contribution is 7.47. The second-order valence-corrected chi connectivity index (χ2v) is 20.3. The third-order valence-corrected chi connectivity index (χ3v) is 13.9. The van der Waals surface area contributed by atoms with Crippen LogP contribution < -0.4 is 5.32 Å². The first-order valence-corrected chi connectivity index (χ1v) is 27.7. The predicted octanol–water partition coefficient (Wildman–Crippen LogP) is 9.76. The van der Waals surface area contributed by atoms with Crippen molar-refractivity contribution in [2.75, 3.05) is 6.61 Å². The highest BCUT2D eigenvalue weighted by atomic mass is 31.2. The average Bonchev–Trinajstić information content (AvgIpc) is 3.27. The molecule has 0 aromatic heterocycles. The molecule has 0 spiro atoms. The van der Waals surface area contributed by atoms with Gasteiger partial charge in [0.1, 0.15) is 36.6 Å². The molecule has 0 radical (unpaired) electrons. The van der Waals surface area contributed by atoms with Crippen molar-refractivity contribution in [1.82, 2.24) is 5.32 Å². The quantitative estimate of drug-likeness (QED) is 0.0158. The number of unbranched alkanes of at least 4 members (excludes halogenated alkanes) is 31. The van der Waals surface area contributed by atoms with E-state index in [1.165, 1.54) is 167 Å². The number of aliphatic hydroxyl groups is 7. The van der Waals surface area contributed by atoms with Gasteiger partial charge in [0, 0.05) is 0 Å². The lowest BCUT2D eigenvalue weighted by atomic mass is 9.85. The van der Waals surface area contributed by atoms with Gasteiger partial charge in [0.25, 0.3) is 0 Å². The van der Waals surface area contributed by atoms with Crippen LogP contribution in [0, 0.1) is 0 Å². The van der Waals surface area contributed by atoms with E-state index in [4.69, 9.17) is 9.05 Å². The first-order valence-electron chi connectivity index (χ1n) is 26.2. The summed E-state index contributed by atoms with van der Waals surface area (Å²) < 4.78 is 22.9. The van der Waals surface area contributed by atoms with Crippen molar-refractivity contribution < 1.29 is 59.0 Å². The van der Waals surface area contributed by atoms with Crippen LogP contribution in [0.4, 0.5) is 0 Å². The van der Waals surface area contributed by atoms with E-state index in [2.05, 4.69) is 19.2 Å². The zero-order valence-electron chi connectivity index (χ0n) is 40.5. The number of carbonyl (C=O) groups excluding carboxylic acids is 1. The Morgan fingerprint density at radius 3 is 1.28 bits per heavy atom. The van der Waals surface area contributed by atoms with Gasteiger partial charge in [-0.25, -0.2) is 4.57 Å². The molecule has 0 aliphatic heterocycles. The van der Waals surface area contributed by atoms with Gasteiger partial charge in [0.05, 0.1) is 31.3 Å². The fourth-order valence-corrected chi connectivity index (χ4v) is 9.56. The Morgan fingerprint density at radius 2 is 0.891 bits per heavy atom. The van der Waals surface area contributed by atoms with E-state index in [-0.39, 0.29) is 6.42 Å². The highest BCUT2D eigenvalue weighted by Crippen LogP contribution is 2.47. The summed E-state index contributed by atoms with van der Waals surface area (Å²) in [4.78, 5) is 23.5. The van der Waals surface area contributed by atoms with Crippen molar-refractivity contribution in [2.45, 2.75) is 293 Å². The van der Waals surface area contributed by atoms with Crippen molar-refractivity contribution in [3.05, 3.63) is 12.2 Å². The summed E-state index contributed by atoms with van der Waals surface area (Å²) in [6.07, 6.45) is 30.0. The lowest BCUT2D eigenvalue weighted by molar-refractivity contribution is -0.220. The maximum Gasteiger partial charge on any atom is 0.472 e. The van der Waals surface area contributed by atoms with Crippen LogP contribution in [0.25, 0.3) is 0 Å². The fourth-order valence-electron chi connectivity index (χ4n) is 8.60. The number of carbonyl (C=O) groups is 1. The van der Waals surface area contributed by atoms with Crippen LogP contribution in [0.2, 0.25) is 0 Å². The summed E-state index contributed by atoms with van der Waals surface area (Å²) in [6.45, 7) is 3.77. The van der Waals surface area contributed by atoms with E-state index in [1.807, 2.05) is 0 Å². The summed E-state index contributed by atoms with van der Waals surface area (Å²) in [5, 5.41) is 74.7. The summed E-state index contributed by atoms with van der Waals surface area (Å²) in [6, 6.07) is -1.24. The molecule has 13 nitrogen and oxygen atoms in total. The van der Waals surface area contributed by atoms with E-state index < -0.39 is 75.2 Å². The van der Waals surface area contributed by atoms with Crippen molar-refractivity contribution in [3.8, 4) is 0 Å². The molecule has 8 atom stereocenters. The zero-order chi connectivity index (χ0) is 47.3. The molecule has 1 aliphatic carbocycles. The summed E-state index contributed by atoms with van der Waals surface area (Å²) in [5.74, 6) is -0.588. The number of hydrogen-bond acceptors (Lipinski definition) is 11. The Balaban J connectivity index is 2.48. The Hall–Kier alpha value is -0.960. The molecule has 1 rings (SSSR count). The van der Waals surface area contributed by atoms with Gasteiger partial charge in [-0.15, -0.1) is 0 Å². The van der Waals surface area contributed by atoms with Crippen molar-refractivity contribution in [2.24, 2.45) is 0 Å². The Kier molecular flexibility index (Phi) is 38.1. The standard InChI is InChI=1S/C50H98NO12P/c1-3-5-7-9-11-13-15-17-19-21-22-24-26-28-30-32-34-36-38-43(53)42(40-62-64(60,61)63-50-48(58)46(56)45(55)47(57)49(50)59)51-44(54)39-41(52)37-35-33-31-29-27-25-23-20-18-16-14-12-10-8-6-4-2/h36,38,41-43,45-50,52-53,55-59H,3-35,37,39-40H2,1-2H3,(H,51,54)(H,60,61)/b38-36+. The third-order valence-electron chi connectivity index (χ3n) is 12.9. The Morgan fingerprint density at radius 1 is 0.547 bits per heavy atom. The van der Waals surface area contributed by atoms with Crippen LogP contribution in [0.5, 0.6) is 0 Å². The minimum Gasteiger partial charge on any atom is -0.393 e. The van der Waals surface area contributed by atoms with Gasteiger partial charge >= 0.3 is 7.82 Å². The second-order valence-electron chi connectivity index (χ2n) is 18.9. The topological polar surface area (TPSA) is 226 Å². The van der Waals surface area contributed by atoms with Crippen molar-refractivity contribution >= 4 is 13.7 Å². The molecule has 1 aliphatic rings. The van der Waals surface area contributed by atoms with E-state index in [1.54, 1.807) is 6.08 Å². The SMILES string of the molecule is CCCCCCCCCCCCCCCCCC/C=C/C(O)C(COP(=O)(O)OC1C(O)C(O)C(O)C(O)C1O)NC(=O)CC(O)CCCCCCCCCCCCCCCCCC. The molecule has 14 heteroatoms. The number of amides is 1. The number of phosphoric acid groups is 1. The van der Waals surface area contributed by atoms with Crippen LogP contribution in [0.3, 0.4) is 0 Å². The number of rotatable bonds is 44. The van der Waals surface area contributed by atoms with Gasteiger partial charge in [-0.3, -0.25) is 13.8 Å². The van der Waals surface area contributed by atoms with E-state index in [9.17, 15) is 50.0 Å². The largest absolute Gasteiger partial charge is 0.472 e. The molecular weight excluding hydrogens is 838 g/mol. The molecule has 0 saturated heterocycles. The van der Waals surface area contributed by atoms with Crippen LogP contribution in [-0.2, 0) is 18.4 Å². The molecule has 380 valence electrons. The maximum absolute atomic E-state index is 13.0. The molecule has 8 unspecified atom stereocenters. The van der Waals surface area contributed by atoms with Crippen molar-refractivity contribution in [1.29, 1.82) is 0 Å². The average molecular weight is 936 g/mol. The molecule has 0 aromatic carbocycles. The van der Waals surface area contributed by atoms with Crippen LogP contribution in [-0.4, -0.2) is 108 Å². The second kappa shape index (κ2) is 40.0. The third kappa shape index (κ3) is 31.2. The first kappa shape index (κ1) is 61.1. The summed E-state index contributed by atoms with van der Waals surface area (Å²) >= 11 is 0. The molecule has 64 heavy (non-hydrogen) atoms. The monoisotopic (exact) mass is 936 g/mol. The van der Waals surface area contributed by atoms with Gasteiger partial charge < -0.3 is 46.0 Å². The zero-order valence-corrected chi connectivity index (χ0v) is 41.4. The fraction of sp³-hybridized carbons (Fsp3) is 0.940. The van der Waals surface area contributed by atoms with Crippen LogP contribution in [0.1, 0.15) is 239 Å². The smallest absolute Gasteiger partial charge is 0.393 e. The van der Waals surface area contributed by atoms with Gasteiger partial charge in [0.15, 0.2) is 0 Å². The molecule has 1 fully saturated rings. The number of allylic oxidation sites excluding steroid dienone is 1. The predicted molar refractivity (Wildman–Crippen MR) is 257 cm³/mol. The van der Waals surface area contributed by atoms with Crippen LogP contribution in [0.15, 0.2) is 12.2 Å². The first-order chi connectivity index (χ1) is 30.8. The molecule has 0 bridgehead atoms. The molecular formula is C50H98NO12P. The van der Waals surface area contributed by atoms with E-state index in [0.717, 1.165) is 44.9 Å². The molecule has 1 amide bonds. The molecule has 9 N–H and O–H groups in total. The normalized spacial score (nSPS) is 22.7. The Bertz CT molecular complexity index is 1150. The maximum atomic E-state index is 13.0. The van der Waals surface area contributed by atoms with Gasteiger partial charge in [-0.05, 0) is 19.3 Å². The number of hydrogen-bond donors (Lipinski definition) is 9. The molecule has 0 heterocycles. The minimum atomic E-state index is -5.14. The highest BCUT2D eigenvalue weighted by Gasteiger charge is 2.51. The van der Waals surface area contributed by atoms with Crippen molar-refractivity contribution in [3.63, 3.8) is 0 Å². The summed E-state index contributed by atoms with van der Waals surface area (Å²) in [7, 11) is -5.14. The van der Waals surface area contributed by atoms with E-state index in [0.29, 0.717) is 12.8 Å². The van der Waals surface area contributed by atoms with Gasteiger partial charge in [-0.1, -0.05) is 225 Å². The lowest BCUT2D eigenvalue weighted by Crippen LogP contribution is -2.64. The number of aliphatic hydroxyl groups excluding tert-OH is 7. The minimum absolute atomic E-state index is 0.239. The number of nitrogens with one attached hydrogen (secondary N) is 1. The molecule has 1 saturated carbocycles. The van der Waals surface area contributed by atoms with Gasteiger partial charge in [0.2, 0.25) is 5.91 Å². The Labute approximate surface area is 389 Å². The summed E-state index contributed by atoms with van der Waals surface area (Å²) in [5.41, 5.74) is 0. The van der Waals surface area contributed by atoms with Gasteiger partial charge in [-0.2, -0.15) is 0 Å². The number of phosphoric ester groups is 1. The lowest BCUT2D eigenvalue weighted by Gasteiger charge is -2.41. The van der Waals surface area contributed by atoms with Crippen LogP contribution >= 0.6 is 7.82 Å². The molecule has 0 aromatic rings. The van der Waals surface area contributed by atoms with E-state index >= 15 is 0 Å².